The third-order valence-corrected chi connectivity index (χ3v) is 4.42. The van der Waals surface area contributed by atoms with Gasteiger partial charge >= 0.3 is 5.97 Å². The standard InChI is InChI=1S/C22H25N3O2/c1-16(2)21-20(15-25(24-21)14-17-7-4-3-5-8-17)13-23-12-18-9-6-10-19(11-18)22(26)27/h3-11,15-16,23H,12-14H2,1-2H3,(H,26,27). The van der Waals surface area contributed by atoms with Crippen molar-refractivity contribution >= 4 is 5.97 Å². The molecular weight excluding hydrogens is 338 g/mol. The summed E-state index contributed by atoms with van der Waals surface area (Å²) >= 11 is 0. The largest absolute Gasteiger partial charge is 0.478 e. The maximum Gasteiger partial charge on any atom is 0.335 e. The maximum absolute atomic E-state index is 11.1. The highest BCUT2D eigenvalue weighted by Gasteiger charge is 2.12. The van der Waals surface area contributed by atoms with E-state index in [4.69, 9.17) is 10.2 Å². The number of benzene rings is 2. The lowest BCUT2D eigenvalue weighted by atomic mass is 10.1. The quantitative estimate of drug-likeness (QED) is 0.634. The van der Waals surface area contributed by atoms with Crippen LogP contribution >= 0.6 is 0 Å². The van der Waals surface area contributed by atoms with Crippen molar-refractivity contribution in [1.82, 2.24) is 15.1 Å². The number of hydrogen-bond donors (Lipinski definition) is 2. The highest BCUT2D eigenvalue weighted by Crippen LogP contribution is 2.18. The Morgan fingerprint density at radius 2 is 1.81 bits per heavy atom. The van der Waals surface area contributed by atoms with Crippen LogP contribution in [0.1, 0.15) is 52.5 Å². The monoisotopic (exact) mass is 363 g/mol. The Morgan fingerprint density at radius 3 is 2.52 bits per heavy atom. The minimum Gasteiger partial charge on any atom is -0.478 e. The van der Waals surface area contributed by atoms with Gasteiger partial charge in [-0.3, -0.25) is 4.68 Å². The molecule has 0 radical (unpaired) electrons. The molecule has 0 amide bonds. The smallest absolute Gasteiger partial charge is 0.335 e. The van der Waals surface area contributed by atoms with Crippen molar-refractivity contribution in [3.8, 4) is 0 Å². The van der Waals surface area contributed by atoms with E-state index in [-0.39, 0.29) is 0 Å². The van der Waals surface area contributed by atoms with Crippen LogP contribution < -0.4 is 5.32 Å². The first-order valence-electron chi connectivity index (χ1n) is 9.16. The second kappa shape index (κ2) is 8.64. The predicted octanol–water partition coefficient (Wildman–Crippen LogP) is 4.04. The van der Waals surface area contributed by atoms with Crippen LogP contribution in [0.4, 0.5) is 0 Å². The van der Waals surface area contributed by atoms with Crippen LogP contribution in [0.5, 0.6) is 0 Å². The molecule has 0 aliphatic heterocycles. The molecule has 0 atom stereocenters. The van der Waals surface area contributed by atoms with Gasteiger partial charge in [0.25, 0.3) is 0 Å². The van der Waals surface area contributed by atoms with Crippen LogP contribution in [0.2, 0.25) is 0 Å². The number of rotatable bonds is 8. The maximum atomic E-state index is 11.1. The number of hydrogen-bond acceptors (Lipinski definition) is 3. The summed E-state index contributed by atoms with van der Waals surface area (Å²) in [6.45, 7) is 6.35. The van der Waals surface area contributed by atoms with Gasteiger partial charge in [-0.25, -0.2) is 4.79 Å². The van der Waals surface area contributed by atoms with E-state index in [0.29, 0.717) is 24.6 Å². The fourth-order valence-electron chi connectivity index (χ4n) is 3.11. The van der Waals surface area contributed by atoms with E-state index < -0.39 is 5.97 Å². The molecule has 0 saturated heterocycles. The molecule has 0 fully saturated rings. The van der Waals surface area contributed by atoms with E-state index in [9.17, 15) is 4.79 Å². The molecule has 5 heteroatoms. The van der Waals surface area contributed by atoms with Crippen LogP contribution in [0.25, 0.3) is 0 Å². The molecule has 2 N–H and O–H groups in total. The number of aromatic nitrogens is 2. The minimum absolute atomic E-state index is 0.313. The molecule has 0 spiro atoms. The number of nitrogens with zero attached hydrogens (tertiary/aromatic N) is 2. The van der Waals surface area contributed by atoms with Gasteiger partial charge in [0.2, 0.25) is 0 Å². The van der Waals surface area contributed by atoms with E-state index in [1.807, 2.05) is 28.9 Å². The molecule has 140 valence electrons. The van der Waals surface area contributed by atoms with Crippen molar-refractivity contribution in [1.29, 1.82) is 0 Å². The Balaban J connectivity index is 1.67. The van der Waals surface area contributed by atoms with Crippen LogP contribution in [-0.2, 0) is 19.6 Å². The first-order chi connectivity index (χ1) is 13.0. The topological polar surface area (TPSA) is 67.2 Å². The fraction of sp³-hybridized carbons (Fsp3) is 0.273. The third-order valence-electron chi connectivity index (χ3n) is 4.42. The summed E-state index contributed by atoms with van der Waals surface area (Å²) in [5.41, 5.74) is 4.76. The summed E-state index contributed by atoms with van der Waals surface area (Å²) in [4.78, 5) is 11.1. The molecule has 0 saturated carbocycles. The lowest BCUT2D eigenvalue weighted by Gasteiger charge is -2.07. The van der Waals surface area contributed by atoms with Crippen molar-refractivity contribution < 1.29 is 9.90 Å². The number of carboxylic acid groups (broad SMARTS) is 1. The van der Waals surface area contributed by atoms with E-state index in [1.54, 1.807) is 18.2 Å². The van der Waals surface area contributed by atoms with Gasteiger partial charge in [-0.1, -0.05) is 56.3 Å². The van der Waals surface area contributed by atoms with Crippen LogP contribution in [0, 0.1) is 0 Å². The average Bonchev–Trinajstić information content (AvgIpc) is 3.06. The van der Waals surface area contributed by atoms with Crippen molar-refractivity contribution in [2.45, 2.75) is 39.4 Å². The van der Waals surface area contributed by atoms with E-state index >= 15 is 0 Å². The highest BCUT2D eigenvalue weighted by molar-refractivity contribution is 5.87. The summed E-state index contributed by atoms with van der Waals surface area (Å²) in [6.07, 6.45) is 2.10. The molecule has 0 aliphatic carbocycles. The number of carbonyl (C=O) groups is 1. The third kappa shape index (κ3) is 5.05. The van der Waals surface area contributed by atoms with Gasteiger partial charge in [0.05, 0.1) is 17.8 Å². The first kappa shape index (κ1) is 18.9. The second-order valence-electron chi connectivity index (χ2n) is 6.99. The minimum atomic E-state index is -0.902. The molecule has 3 rings (SSSR count). The summed E-state index contributed by atoms with van der Waals surface area (Å²) in [5.74, 6) is -0.560. The van der Waals surface area contributed by atoms with Gasteiger partial charge in [0.15, 0.2) is 0 Å². The summed E-state index contributed by atoms with van der Waals surface area (Å²) in [7, 11) is 0. The van der Waals surface area contributed by atoms with Crippen molar-refractivity contribution in [3.63, 3.8) is 0 Å². The Kier molecular flexibility index (Phi) is 6.04. The Bertz CT molecular complexity index is 901. The van der Waals surface area contributed by atoms with E-state index in [1.165, 1.54) is 11.1 Å². The fourth-order valence-corrected chi connectivity index (χ4v) is 3.11. The van der Waals surface area contributed by atoms with Crippen LogP contribution in [0.3, 0.4) is 0 Å². The van der Waals surface area contributed by atoms with Gasteiger partial charge in [-0.2, -0.15) is 5.10 Å². The summed E-state index contributed by atoms with van der Waals surface area (Å²) in [6, 6.07) is 17.3. The zero-order chi connectivity index (χ0) is 19.2. The average molecular weight is 363 g/mol. The molecule has 5 nitrogen and oxygen atoms in total. The Labute approximate surface area is 159 Å². The Hall–Kier alpha value is -2.92. The van der Waals surface area contributed by atoms with Crippen molar-refractivity contribution in [3.05, 3.63) is 88.7 Å². The lowest BCUT2D eigenvalue weighted by molar-refractivity contribution is 0.0696. The summed E-state index contributed by atoms with van der Waals surface area (Å²) < 4.78 is 1.99. The van der Waals surface area contributed by atoms with Crippen LogP contribution in [-0.4, -0.2) is 20.9 Å². The number of nitrogens with one attached hydrogen (secondary N) is 1. The van der Waals surface area contributed by atoms with Gasteiger partial charge in [-0.15, -0.1) is 0 Å². The zero-order valence-electron chi connectivity index (χ0n) is 15.7. The lowest BCUT2D eigenvalue weighted by Crippen LogP contribution is -2.14. The van der Waals surface area contributed by atoms with Crippen molar-refractivity contribution in [2.75, 3.05) is 0 Å². The molecule has 1 aromatic heterocycles. The molecule has 2 aromatic carbocycles. The van der Waals surface area contributed by atoms with Crippen LogP contribution in [0.15, 0.2) is 60.8 Å². The molecule has 3 aromatic rings. The molecule has 27 heavy (non-hydrogen) atoms. The SMILES string of the molecule is CC(C)c1nn(Cc2ccccc2)cc1CNCc1cccc(C(=O)O)c1. The highest BCUT2D eigenvalue weighted by atomic mass is 16.4. The first-order valence-corrected chi connectivity index (χ1v) is 9.16. The number of carboxylic acids is 1. The number of aromatic carboxylic acids is 1. The molecular formula is C22H25N3O2. The Morgan fingerprint density at radius 1 is 1.07 bits per heavy atom. The predicted molar refractivity (Wildman–Crippen MR) is 106 cm³/mol. The molecule has 0 unspecified atom stereocenters. The van der Waals surface area contributed by atoms with Gasteiger partial charge in [0.1, 0.15) is 0 Å². The van der Waals surface area contributed by atoms with E-state index in [2.05, 4.69) is 37.5 Å². The van der Waals surface area contributed by atoms with Gasteiger partial charge in [0, 0.05) is 24.8 Å². The van der Waals surface area contributed by atoms with E-state index in [0.717, 1.165) is 17.8 Å². The zero-order valence-corrected chi connectivity index (χ0v) is 15.7. The molecule has 0 bridgehead atoms. The normalized spacial score (nSPS) is 11.1. The van der Waals surface area contributed by atoms with Crippen molar-refractivity contribution in [2.24, 2.45) is 0 Å². The molecule has 1 heterocycles. The second-order valence-corrected chi connectivity index (χ2v) is 6.99. The molecule has 0 aliphatic rings. The van der Waals surface area contributed by atoms with Gasteiger partial charge < -0.3 is 10.4 Å². The summed E-state index contributed by atoms with van der Waals surface area (Å²) in [5, 5.41) is 17.3. The van der Waals surface area contributed by atoms with Gasteiger partial charge in [-0.05, 0) is 29.2 Å².